The molecule has 2 aromatic carbocycles. The second kappa shape index (κ2) is 5.93. The van der Waals surface area contributed by atoms with Gasteiger partial charge in [0, 0.05) is 16.5 Å². The number of methoxy groups -OCH3 is 1. The predicted octanol–water partition coefficient (Wildman–Crippen LogP) is 3.57. The van der Waals surface area contributed by atoms with Gasteiger partial charge in [-0.1, -0.05) is 24.3 Å². The summed E-state index contributed by atoms with van der Waals surface area (Å²) in [6.07, 6.45) is 1.80. The van der Waals surface area contributed by atoms with Crippen LogP contribution in [0.2, 0.25) is 0 Å². The number of hydrogen-bond acceptors (Lipinski definition) is 5. The maximum Gasteiger partial charge on any atom is 0.337 e. The number of aromatic nitrogens is 2. The molecule has 0 unspecified atom stereocenters. The van der Waals surface area contributed by atoms with Crippen molar-refractivity contribution in [3.8, 4) is 0 Å². The summed E-state index contributed by atoms with van der Waals surface area (Å²) in [7, 11) is 1.37. The Morgan fingerprint density at radius 2 is 2.00 bits per heavy atom. The Morgan fingerprint density at radius 3 is 2.86 bits per heavy atom. The maximum atomic E-state index is 11.5. The number of carbonyl (C=O) groups is 1. The molecule has 3 aromatic rings. The molecule has 0 bridgehead atoms. The molecule has 0 radical (unpaired) electrons. The summed E-state index contributed by atoms with van der Waals surface area (Å²) in [5.41, 5.74) is 1.42. The topological polar surface area (TPSA) is 52.1 Å². The normalized spacial score (nSPS) is 10.5. The minimum absolute atomic E-state index is 0.350. The van der Waals surface area contributed by atoms with E-state index in [0.717, 1.165) is 15.8 Å². The lowest BCUT2D eigenvalue weighted by Crippen LogP contribution is -2.00. The fraction of sp³-hybridized carbons (Fsp3) is 0.0625. The molecule has 0 atom stereocenters. The van der Waals surface area contributed by atoms with E-state index in [0.29, 0.717) is 10.7 Å². The van der Waals surface area contributed by atoms with Crippen molar-refractivity contribution in [1.29, 1.82) is 0 Å². The minimum atomic E-state index is -0.350. The number of esters is 1. The molecule has 1 aromatic heterocycles. The van der Waals surface area contributed by atoms with Gasteiger partial charge in [-0.15, -0.1) is 0 Å². The van der Waals surface area contributed by atoms with Crippen LogP contribution < -0.4 is 0 Å². The molecule has 0 saturated carbocycles. The zero-order valence-corrected chi connectivity index (χ0v) is 12.1. The number of benzene rings is 2. The van der Waals surface area contributed by atoms with Crippen LogP contribution in [0.25, 0.3) is 10.9 Å². The predicted molar refractivity (Wildman–Crippen MR) is 81.4 cm³/mol. The van der Waals surface area contributed by atoms with Gasteiger partial charge in [-0.3, -0.25) is 0 Å². The second-order valence-corrected chi connectivity index (χ2v) is 5.37. The number of hydrogen-bond donors (Lipinski definition) is 0. The fourth-order valence-electron chi connectivity index (χ4n) is 1.91. The van der Waals surface area contributed by atoms with E-state index in [9.17, 15) is 4.79 Å². The van der Waals surface area contributed by atoms with Gasteiger partial charge >= 0.3 is 5.97 Å². The molecule has 0 aliphatic carbocycles. The molecule has 0 N–H and O–H groups in total. The van der Waals surface area contributed by atoms with Gasteiger partial charge in [-0.2, -0.15) is 0 Å². The molecule has 0 saturated heterocycles. The lowest BCUT2D eigenvalue weighted by Gasteiger charge is -2.04. The first-order valence-corrected chi connectivity index (χ1v) is 7.16. The van der Waals surface area contributed by atoms with Crippen LogP contribution in [0.3, 0.4) is 0 Å². The Balaban J connectivity index is 1.89. The third kappa shape index (κ3) is 3.03. The van der Waals surface area contributed by atoms with Crippen LogP contribution in [-0.2, 0) is 4.74 Å². The van der Waals surface area contributed by atoms with Crippen molar-refractivity contribution >= 4 is 28.6 Å². The summed E-state index contributed by atoms with van der Waals surface area (Å²) in [4.78, 5) is 21.3. The molecule has 104 valence electrons. The van der Waals surface area contributed by atoms with Crippen LogP contribution in [0.4, 0.5) is 0 Å². The van der Waals surface area contributed by atoms with E-state index in [1.54, 1.807) is 18.3 Å². The first kappa shape index (κ1) is 13.6. The van der Waals surface area contributed by atoms with E-state index in [4.69, 9.17) is 4.74 Å². The van der Waals surface area contributed by atoms with Crippen molar-refractivity contribution in [2.75, 3.05) is 7.11 Å². The van der Waals surface area contributed by atoms with Gasteiger partial charge < -0.3 is 4.74 Å². The highest BCUT2D eigenvalue weighted by atomic mass is 32.2. The standard InChI is InChI=1S/C16H12N2O2S/c1-20-15(19)11-6-4-7-13(9-11)21-16-17-10-12-5-2-3-8-14(12)18-16/h2-10H,1H3. The molecular weight excluding hydrogens is 284 g/mol. The third-order valence-electron chi connectivity index (χ3n) is 2.93. The van der Waals surface area contributed by atoms with Gasteiger partial charge in [0.15, 0.2) is 5.16 Å². The van der Waals surface area contributed by atoms with E-state index < -0.39 is 0 Å². The number of nitrogens with zero attached hydrogens (tertiary/aromatic N) is 2. The molecule has 0 amide bonds. The molecule has 0 aliphatic heterocycles. The third-order valence-corrected chi connectivity index (χ3v) is 3.80. The van der Waals surface area contributed by atoms with Gasteiger partial charge in [0.25, 0.3) is 0 Å². The molecular formula is C16H12N2O2S. The molecule has 0 fully saturated rings. The molecule has 3 rings (SSSR count). The zero-order chi connectivity index (χ0) is 14.7. The quantitative estimate of drug-likeness (QED) is 0.546. The van der Waals surface area contributed by atoms with Crippen LogP contribution in [0.1, 0.15) is 10.4 Å². The van der Waals surface area contributed by atoms with Crippen molar-refractivity contribution in [1.82, 2.24) is 9.97 Å². The smallest absolute Gasteiger partial charge is 0.337 e. The highest BCUT2D eigenvalue weighted by molar-refractivity contribution is 7.99. The summed E-state index contributed by atoms with van der Waals surface area (Å²) >= 11 is 1.41. The Bertz CT molecular complexity index is 805. The van der Waals surface area contributed by atoms with Gasteiger partial charge in [-0.25, -0.2) is 14.8 Å². The van der Waals surface area contributed by atoms with Gasteiger partial charge in [0.1, 0.15) is 0 Å². The molecule has 5 heteroatoms. The van der Waals surface area contributed by atoms with E-state index >= 15 is 0 Å². The zero-order valence-electron chi connectivity index (χ0n) is 11.3. The van der Waals surface area contributed by atoms with E-state index in [2.05, 4.69) is 9.97 Å². The van der Waals surface area contributed by atoms with Crippen LogP contribution in [-0.4, -0.2) is 23.0 Å². The van der Waals surface area contributed by atoms with Gasteiger partial charge in [0.2, 0.25) is 0 Å². The van der Waals surface area contributed by atoms with Crippen molar-refractivity contribution in [2.24, 2.45) is 0 Å². The SMILES string of the molecule is COC(=O)c1cccc(Sc2ncc3ccccc3n2)c1. The van der Waals surface area contributed by atoms with Gasteiger partial charge in [-0.05, 0) is 36.0 Å². The number of ether oxygens (including phenoxy) is 1. The van der Waals surface area contributed by atoms with Crippen molar-refractivity contribution < 1.29 is 9.53 Å². The van der Waals surface area contributed by atoms with Crippen LogP contribution in [0.15, 0.2) is 64.8 Å². The Hall–Kier alpha value is -2.40. The van der Waals surface area contributed by atoms with E-state index in [-0.39, 0.29) is 5.97 Å². The van der Waals surface area contributed by atoms with E-state index in [1.807, 2.05) is 36.4 Å². The number of carbonyl (C=O) groups excluding carboxylic acids is 1. The van der Waals surface area contributed by atoms with Crippen LogP contribution in [0, 0.1) is 0 Å². The molecule has 4 nitrogen and oxygen atoms in total. The highest BCUT2D eigenvalue weighted by Crippen LogP contribution is 2.26. The van der Waals surface area contributed by atoms with Crippen LogP contribution in [0.5, 0.6) is 0 Å². The maximum absolute atomic E-state index is 11.5. The number of para-hydroxylation sites is 1. The highest BCUT2D eigenvalue weighted by Gasteiger charge is 2.08. The lowest BCUT2D eigenvalue weighted by atomic mass is 10.2. The first-order valence-electron chi connectivity index (χ1n) is 6.34. The monoisotopic (exact) mass is 296 g/mol. The Kier molecular flexibility index (Phi) is 3.83. The number of rotatable bonds is 3. The summed E-state index contributed by atoms with van der Waals surface area (Å²) in [6.45, 7) is 0. The lowest BCUT2D eigenvalue weighted by molar-refractivity contribution is 0.0600. The molecule has 1 heterocycles. The van der Waals surface area contributed by atoms with Crippen molar-refractivity contribution in [2.45, 2.75) is 10.1 Å². The summed E-state index contributed by atoms with van der Waals surface area (Å²) in [5, 5.41) is 1.65. The number of fused-ring (bicyclic) bond motifs is 1. The molecule has 21 heavy (non-hydrogen) atoms. The van der Waals surface area contributed by atoms with E-state index in [1.165, 1.54) is 18.9 Å². The molecule has 0 aliphatic rings. The van der Waals surface area contributed by atoms with Crippen LogP contribution >= 0.6 is 11.8 Å². The largest absolute Gasteiger partial charge is 0.465 e. The average Bonchev–Trinajstić information content (AvgIpc) is 2.54. The van der Waals surface area contributed by atoms with Crippen molar-refractivity contribution in [3.05, 3.63) is 60.3 Å². The molecule has 0 spiro atoms. The summed E-state index contributed by atoms with van der Waals surface area (Å²) in [6, 6.07) is 15.0. The summed E-state index contributed by atoms with van der Waals surface area (Å²) < 4.78 is 4.72. The van der Waals surface area contributed by atoms with Gasteiger partial charge in [0.05, 0.1) is 18.2 Å². The average molecular weight is 296 g/mol. The second-order valence-electron chi connectivity index (χ2n) is 4.33. The Morgan fingerprint density at radius 1 is 1.14 bits per heavy atom. The minimum Gasteiger partial charge on any atom is -0.465 e. The van der Waals surface area contributed by atoms with Crippen molar-refractivity contribution in [3.63, 3.8) is 0 Å². The fourth-order valence-corrected chi connectivity index (χ4v) is 2.71. The Labute approximate surface area is 126 Å². The first-order chi connectivity index (χ1) is 10.3. The summed E-state index contributed by atoms with van der Waals surface area (Å²) in [5.74, 6) is -0.350.